The Bertz CT molecular complexity index is 1220. The molecule has 0 aliphatic carbocycles. The first-order valence-electron chi connectivity index (χ1n) is 11.9. The molecule has 3 aromatic rings. The number of carbonyl (C=O) groups excluding carboxylic acids is 2. The maximum atomic E-state index is 14.1. The Balaban J connectivity index is 1.48. The minimum Gasteiger partial charge on any atom is -0.355 e. The summed E-state index contributed by atoms with van der Waals surface area (Å²) in [5.41, 5.74) is 0.682. The summed E-state index contributed by atoms with van der Waals surface area (Å²) >= 11 is 0. The van der Waals surface area contributed by atoms with Crippen molar-refractivity contribution in [2.24, 2.45) is 5.92 Å². The number of hydrogen-bond donors (Lipinski definition) is 2. The quantitative estimate of drug-likeness (QED) is 0.516. The number of halogens is 2. The molecule has 4 rings (SSSR count). The van der Waals surface area contributed by atoms with E-state index < -0.39 is 29.5 Å². The second-order valence-electron chi connectivity index (χ2n) is 9.25. The minimum absolute atomic E-state index is 0.00533. The van der Waals surface area contributed by atoms with Crippen molar-refractivity contribution in [2.45, 2.75) is 45.3 Å². The summed E-state index contributed by atoms with van der Waals surface area (Å²) in [7, 11) is 0. The maximum Gasteiger partial charge on any atom is 0.273 e. The molecule has 3 heterocycles. The average molecular weight is 498 g/mol. The molecular weight excluding hydrogens is 468 g/mol. The number of hydrogen-bond acceptors (Lipinski definition) is 6. The van der Waals surface area contributed by atoms with Gasteiger partial charge in [-0.25, -0.2) is 8.78 Å². The molecule has 1 aromatic carbocycles. The fourth-order valence-electron chi connectivity index (χ4n) is 4.35. The highest BCUT2D eigenvalue weighted by Gasteiger charge is 2.37. The molecule has 3 atom stereocenters. The van der Waals surface area contributed by atoms with Gasteiger partial charge in [0.2, 0.25) is 5.91 Å². The number of carbonyl (C=O) groups is 2. The van der Waals surface area contributed by atoms with Crippen LogP contribution in [0.1, 0.15) is 49.4 Å². The van der Waals surface area contributed by atoms with Gasteiger partial charge >= 0.3 is 0 Å². The Morgan fingerprint density at radius 1 is 1.14 bits per heavy atom. The normalized spacial score (nSPS) is 19.2. The third-order valence-electron chi connectivity index (χ3n) is 6.46. The lowest BCUT2D eigenvalue weighted by atomic mass is 9.90. The van der Waals surface area contributed by atoms with Crippen LogP contribution in [0.3, 0.4) is 0 Å². The largest absolute Gasteiger partial charge is 0.355 e. The molecule has 0 spiro atoms. The second kappa shape index (κ2) is 10.9. The van der Waals surface area contributed by atoms with Crippen LogP contribution in [0.25, 0.3) is 11.3 Å². The van der Waals surface area contributed by atoms with Crippen molar-refractivity contribution >= 4 is 11.8 Å². The highest BCUT2D eigenvalue weighted by atomic mass is 19.1. The van der Waals surface area contributed by atoms with Gasteiger partial charge in [-0.2, -0.15) is 0 Å². The Morgan fingerprint density at radius 3 is 2.64 bits per heavy atom. The minimum atomic E-state index is -0.821. The van der Waals surface area contributed by atoms with E-state index in [2.05, 4.69) is 39.5 Å². The van der Waals surface area contributed by atoms with E-state index in [1.807, 2.05) is 25.1 Å². The van der Waals surface area contributed by atoms with Crippen LogP contribution in [0.2, 0.25) is 0 Å². The summed E-state index contributed by atoms with van der Waals surface area (Å²) in [4.78, 5) is 32.8. The third kappa shape index (κ3) is 5.76. The molecule has 8 nitrogen and oxygen atoms in total. The van der Waals surface area contributed by atoms with Gasteiger partial charge in [0.15, 0.2) is 11.5 Å². The summed E-state index contributed by atoms with van der Waals surface area (Å²) in [6.45, 7) is 7.19. The molecule has 190 valence electrons. The maximum absolute atomic E-state index is 14.1. The fraction of sp³-hybridized carbons (Fsp3) is 0.385. The number of benzene rings is 1. The number of likely N-dealkylation sites (tertiary alicyclic amines) is 1. The van der Waals surface area contributed by atoms with Gasteiger partial charge in [-0.3, -0.25) is 19.5 Å². The van der Waals surface area contributed by atoms with Gasteiger partial charge in [-0.1, -0.05) is 11.2 Å². The molecule has 1 saturated heterocycles. The molecule has 0 saturated carbocycles. The molecule has 0 bridgehead atoms. The number of rotatable bonds is 7. The zero-order chi connectivity index (χ0) is 25.8. The zero-order valence-corrected chi connectivity index (χ0v) is 20.4. The lowest BCUT2D eigenvalue weighted by molar-refractivity contribution is -0.128. The van der Waals surface area contributed by atoms with Crippen molar-refractivity contribution in [1.82, 2.24) is 25.7 Å². The molecule has 1 fully saturated rings. The molecule has 2 N–H and O–H groups in total. The molecular formula is C26H29F2N5O3. The Labute approximate surface area is 208 Å². The Morgan fingerprint density at radius 2 is 1.94 bits per heavy atom. The van der Waals surface area contributed by atoms with Gasteiger partial charge in [0, 0.05) is 43.5 Å². The smallest absolute Gasteiger partial charge is 0.273 e. The lowest BCUT2D eigenvalue weighted by Crippen LogP contribution is -2.57. The van der Waals surface area contributed by atoms with Gasteiger partial charge in [-0.15, -0.1) is 0 Å². The predicted molar refractivity (Wildman–Crippen MR) is 129 cm³/mol. The number of piperidine rings is 1. The highest BCUT2D eigenvalue weighted by Crippen LogP contribution is 2.25. The van der Waals surface area contributed by atoms with Crippen molar-refractivity contribution in [2.75, 3.05) is 13.1 Å². The van der Waals surface area contributed by atoms with Crippen molar-refractivity contribution in [3.05, 3.63) is 71.7 Å². The highest BCUT2D eigenvalue weighted by molar-refractivity contribution is 5.94. The molecule has 2 aromatic heterocycles. The SMILES string of the molecule is CC(C)N1CC[C@@H](NC(=O)c2cc(-c3ccc(F)cc3F)on2)[C@H](C(=O)N[C@@H](C)c2ccccn2)C1. The van der Waals surface area contributed by atoms with E-state index in [0.29, 0.717) is 19.5 Å². The van der Waals surface area contributed by atoms with Crippen LogP contribution in [0.5, 0.6) is 0 Å². The standard InChI is InChI=1S/C26H29F2N5O3/c1-15(2)33-11-9-22(19(14-33)25(34)30-16(3)21-6-4-5-10-29-21)31-26(35)23-13-24(36-32-23)18-8-7-17(27)12-20(18)28/h4-8,10,12-13,15-16,19,22H,9,11,14H2,1-3H3,(H,30,34)(H,31,35)/t16-,19+,22+/m0/s1. The molecule has 1 aliphatic rings. The topological polar surface area (TPSA) is 100 Å². The Hall–Kier alpha value is -3.66. The van der Waals surface area contributed by atoms with E-state index >= 15 is 0 Å². The summed E-state index contributed by atoms with van der Waals surface area (Å²) < 4.78 is 32.5. The van der Waals surface area contributed by atoms with Crippen molar-refractivity contribution in [3.8, 4) is 11.3 Å². The van der Waals surface area contributed by atoms with Gasteiger partial charge in [0.1, 0.15) is 11.6 Å². The first-order valence-corrected chi connectivity index (χ1v) is 11.9. The van der Waals surface area contributed by atoms with Gasteiger partial charge in [-0.05, 0) is 51.5 Å². The van der Waals surface area contributed by atoms with E-state index in [4.69, 9.17) is 4.52 Å². The van der Waals surface area contributed by atoms with Crippen molar-refractivity contribution in [3.63, 3.8) is 0 Å². The molecule has 10 heteroatoms. The third-order valence-corrected chi connectivity index (χ3v) is 6.46. The summed E-state index contributed by atoms with van der Waals surface area (Å²) in [5, 5.41) is 9.68. The number of nitrogens with zero attached hydrogens (tertiary/aromatic N) is 3. The first kappa shape index (κ1) is 25.4. The number of pyridine rings is 1. The van der Waals surface area contributed by atoms with Crippen LogP contribution < -0.4 is 10.6 Å². The van der Waals surface area contributed by atoms with Crippen LogP contribution in [-0.2, 0) is 4.79 Å². The van der Waals surface area contributed by atoms with E-state index in [1.165, 1.54) is 12.1 Å². The average Bonchev–Trinajstić information content (AvgIpc) is 3.34. The van der Waals surface area contributed by atoms with Crippen LogP contribution in [0, 0.1) is 17.6 Å². The van der Waals surface area contributed by atoms with Crippen molar-refractivity contribution in [1.29, 1.82) is 0 Å². The van der Waals surface area contributed by atoms with Crippen molar-refractivity contribution < 1.29 is 22.9 Å². The van der Waals surface area contributed by atoms with Gasteiger partial charge < -0.3 is 15.2 Å². The first-order chi connectivity index (χ1) is 17.2. The lowest BCUT2D eigenvalue weighted by Gasteiger charge is -2.40. The van der Waals surface area contributed by atoms with Crippen LogP contribution in [-0.4, -0.2) is 52.0 Å². The van der Waals surface area contributed by atoms with E-state index in [9.17, 15) is 18.4 Å². The van der Waals surface area contributed by atoms with Gasteiger partial charge in [0.25, 0.3) is 5.91 Å². The molecule has 36 heavy (non-hydrogen) atoms. The second-order valence-corrected chi connectivity index (χ2v) is 9.25. The summed E-state index contributed by atoms with van der Waals surface area (Å²) in [5.74, 6) is -2.76. The predicted octanol–water partition coefficient (Wildman–Crippen LogP) is 3.72. The van der Waals surface area contributed by atoms with Gasteiger partial charge in [0.05, 0.1) is 23.2 Å². The Kier molecular flexibility index (Phi) is 7.73. The number of nitrogens with one attached hydrogen (secondary N) is 2. The van der Waals surface area contributed by atoms with Crippen LogP contribution in [0.15, 0.2) is 53.2 Å². The van der Waals surface area contributed by atoms with Crippen LogP contribution in [0.4, 0.5) is 8.78 Å². The molecule has 0 radical (unpaired) electrons. The summed E-state index contributed by atoms with van der Waals surface area (Å²) in [6, 6.07) is 9.37. The molecule has 2 amide bonds. The van der Waals surface area contributed by atoms with E-state index in [0.717, 1.165) is 17.8 Å². The molecule has 1 aliphatic heterocycles. The van der Waals surface area contributed by atoms with E-state index in [1.54, 1.807) is 6.20 Å². The van der Waals surface area contributed by atoms with E-state index in [-0.39, 0.29) is 35.0 Å². The number of aromatic nitrogens is 2. The van der Waals surface area contributed by atoms with Crippen LogP contribution >= 0.6 is 0 Å². The summed E-state index contributed by atoms with van der Waals surface area (Å²) in [6.07, 6.45) is 2.24. The number of amides is 2. The fourth-order valence-corrected chi connectivity index (χ4v) is 4.35. The monoisotopic (exact) mass is 497 g/mol. The molecule has 0 unspecified atom stereocenters. The zero-order valence-electron chi connectivity index (χ0n) is 20.4.